The van der Waals surface area contributed by atoms with Gasteiger partial charge in [-0.3, -0.25) is 9.79 Å². The zero-order chi connectivity index (χ0) is 20.7. The lowest BCUT2D eigenvalue weighted by atomic mass is 9.51. The summed E-state index contributed by atoms with van der Waals surface area (Å²) in [7, 11) is 0. The molecule has 6 heteroatoms. The van der Waals surface area contributed by atoms with Crippen LogP contribution in [0.5, 0.6) is 0 Å². The van der Waals surface area contributed by atoms with Gasteiger partial charge >= 0.3 is 0 Å². The van der Waals surface area contributed by atoms with Gasteiger partial charge < -0.3 is 4.90 Å². The van der Waals surface area contributed by atoms with Crippen molar-refractivity contribution in [2.75, 3.05) is 6.54 Å². The molecule has 6 nitrogen and oxygen atoms in total. The number of likely N-dealkylation sites (tertiary alicyclic amines) is 1. The highest BCUT2D eigenvalue weighted by Crippen LogP contribution is 2.56. The van der Waals surface area contributed by atoms with Crippen molar-refractivity contribution in [1.29, 1.82) is 0 Å². The fourth-order valence-corrected chi connectivity index (χ4v) is 5.91. The Balaban J connectivity index is 1.42. The number of benzene rings is 2. The van der Waals surface area contributed by atoms with Crippen LogP contribution in [0.15, 0.2) is 35.3 Å². The lowest BCUT2D eigenvalue weighted by molar-refractivity contribution is -0.0261. The second kappa shape index (κ2) is 5.78. The van der Waals surface area contributed by atoms with Gasteiger partial charge in [0.1, 0.15) is 11.0 Å². The monoisotopic (exact) mass is 399 g/mol. The van der Waals surface area contributed by atoms with Crippen LogP contribution < -0.4 is 0 Å². The third kappa shape index (κ3) is 2.19. The molecule has 1 saturated heterocycles. The van der Waals surface area contributed by atoms with E-state index in [0.717, 1.165) is 53.7 Å². The van der Waals surface area contributed by atoms with Gasteiger partial charge in [-0.15, -0.1) is 0 Å². The van der Waals surface area contributed by atoms with Crippen LogP contribution in [0.3, 0.4) is 0 Å². The molecule has 2 aliphatic heterocycles. The van der Waals surface area contributed by atoms with Gasteiger partial charge in [0, 0.05) is 36.2 Å². The maximum atomic E-state index is 13.6. The van der Waals surface area contributed by atoms with Crippen molar-refractivity contribution in [3.8, 4) is 0 Å². The molecule has 1 amide bonds. The Morgan fingerprint density at radius 1 is 1.10 bits per heavy atom. The lowest BCUT2D eigenvalue weighted by Gasteiger charge is -2.60. The number of piperidine rings is 1. The maximum absolute atomic E-state index is 13.6. The molecule has 0 radical (unpaired) electrons. The first-order valence-electron chi connectivity index (χ1n) is 10.7. The van der Waals surface area contributed by atoms with Crippen molar-refractivity contribution in [3.05, 3.63) is 52.6 Å². The third-order valence-electron chi connectivity index (χ3n) is 8.16. The summed E-state index contributed by atoms with van der Waals surface area (Å²) in [5.41, 5.74) is 7.32. The fraction of sp³-hybridized carbons (Fsp3) is 0.417. The summed E-state index contributed by atoms with van der Waals surface area (Å²) in [5, 5.41) is 11.3. The zero-order valence-electron chi connectivity index (χ0n) is 17.6. The van der Waals surface area contributed by atoms with Crippen LogP contribution >= 0.6 is 0 Å². The fourth-order valence-electron chi connectivity index (χ4n) is 5.91. The lowest BCUT2D eigenvalue weighted by Crippen LogP contribution is -2.64. The molecule has 3 heterocycles. The first-order valence-corrected chi connectivity index (χ1v) is 10.7. The number of carbonyl (C=O) groups is 1. The molecule has 3 aliphatic rings. The van der Waals surface area contributed by atoms with E-state index in [1.807, 2.05) is 24.4 Å². The molecule has 1 aliphatic carbocycles. The van der Waals surface area contributed by atoms with E-state index in [0.29, 0.717) is 0 Å². The summed E-state index contributed by atoms with van der Waals surface area (Å²) in [5.74, 6) is 0.135. The van der Waals surface area contributed by atoms with E-state index in [-0.39, 0.29) is 22.8 Å². The molecular formula is C24H25N5O. The van der Waals surface area contributed by atoms with Crippen molar-refractivity contribution in [2.45, 2.75) is 51.5 Å². The molecule has 2 aromatic carbocycles. The number of aromatic amines is 1. The van der Waals surface area contributed by atoms with Crippen molar-refractivity contribution in [3.63, 3.8) is 0 Å². The number of aliphatic imine (C=N–C) groups is 1. The molecule has 1 N–H and O–H groups in total. The predicted octanol–water partition coefficient (Wildman–Crippen LogP) is 3.97. The summed E-state index contributed by atoms with van der Waals surface area (Å²) in [6, 6.07) is 10.5. The number of hydrogen-bond acceptors (Lipinski definition) is 4. The topological polar surface area (TPSA) is 74.2 Å². The van der Waals surface area contributed by atoms with Gasteiger partial charge in [0.25, 0.3) is 5.91 Å². The Bertz CT molecular complexity index is 1240. The smallest absolute Gasteiger partial charge is 0.254 e. The summed E-state index contributed by atoms with van der Waals surface area (Å²) < 4.78 is 0. The number of rotatable bonds is 1. The summed E-state index contributed by atoms with van der Waals surface area (Å²) in [6.45, 7) is 7.78. The number of hydrogen-bond donors (Lipinski definition) is 1. The molecule has 0 saturated carbocycles. The van der Waals surface area contributed by atoms with Gasteiger partial charge in [0.05, 0.1) is 5.69 Å². The van der Waals surface area contributed by atoms with E-state index in [2.05, 4.69) is 58.2 Å². The van der Waals surface area contributed by atoms with Gasteiger partial charge in [-0.1, -0.05) is 20.8 Å². The highest BCUT2D eigenvalue weighted by Gasteiger charge is 2.57. The molecule has 2 bridgehead atoms. The Kier molecular flexibility index (Phi) is 3.43. The predicted molar refractivity (Wildman–Crippen MR) is 116 cm³/mol. The normalized spacial score (nSPS) is 26.0. The van der Waals surface area contributed by atoms with E-state index >= 15 is 0 Å². The van der Waals surface area contributed by atoms with Crippen molar-refractivity contribution in [1.82, 2.24) is 20.3 Å². The summed E-state index contributed by atoms with van der Waals surface area (Å²) in [4.78, 5) is 20.1. The van der Waals surface area contributed by atoms with Crippen LogP contribution in [0, 0.1) is 5.41 Å². The average Bonchev–Trinajstić information content (AvgIpc) is 3.37. The van der Waals surface area contributed by atoms with Crippen LogP contribution in [0.2, 0.25) is 0 Å². The van der Waals surface area contributed by atoms with Gasteiger partial charge in [-0.25, -0.2) is 0 Å². The minimum Gasteiger partial charge on any atom is -0.335 e. The highest BCUT2D eigenvalue weighted by atomic mass is 16.2. The molecule has 30 heavy (non-hydrogen) atoms. The van der Waals surface area contributed by atoms with E-state index < -0.39 is 0 Å². The molecule has 152 valence electrons. The summed E-state index contributed by atoms with van der Waals surface area (Å²) in [6.07, 6.45) is 4.51. The average molecular weight is 399 g/mol. The Labute approximate surface area is 175 Å². The minimum absolute atomic E-state index is 0.0130. The van der Waals surface area contributed by atoms with Crippen LogP contribution in [-0.4, -0.2) is 45.0 Å². The standard InChI is InChI=1S/C24H25N5O/c1-23(2)21-12-16-11-19-20(27-28-26-19)13-17(16)24(23,3)7-9-29(21)22(30)15-4-5-18-14(10-15)6-8-25-18/h4-5,8,10-11,13,21H,6-7,9,12H2,1-3H3,(H,26,27,28)/t21-,24-/m0/s1. The second-order valence-corrected chi connectivity index (χ2v) is 9.70. The minimum atomic E-state index is -0.0504. The van der Waals surface area contributed by atoms with E-state index in [4.69, 9.17) is 0 Å². The van der Waals surface area contributed by atoms with Crippen molar-refractivity contribution < 1.29 is 4.79 Å². The van der Waals surface area contributed by atoms with E-state index in [1.54, 1.807) is 0 Å². The Hall–Kier alpha value is -3.02. The second-order valence-electron chi connectivity index (χ2n) is 9.70. The summed E-state index contributed by atoms with van der Waals surface area (Å²) >= 11 is 0. The molecule has 1 fully saturated rings. The Morgan fingerprint density at radius 3 is 2.73 bits per heavy atom. The maximum Gasteiger partial charge on any atom is 0.254 e. The number of fused-ring (bicyclic) bond motifs is 6. The number of H-pyrrole nitrogens is 1. The number of aromatic nitrogens is 3. The van der Waals surface area contributed by atoms with E-state index in [1.165, 1.54) is 11.1 Å². The number of amides is 1. The molecule has 1 aromatic heterocycles. The largest absolute Gasteiger partial charge is 0.335 e. The van der Waals surface area contributed by atoms with Crippen LogP contribution in [0.1, 0.15) is 54.2 Å². The van der Waals surface area contributed by atoms with Gasteiger partial charge in [-0.05, 0) is 65.3 Å². The van der Waals surface area contributed by atoms with Gasteiger partial charge in [0.2, 0.25) is 0 Å². The van der Waals surface area contributed by atoms with Gasteiger partial charge in [0.15, 0.2) is 0 Å². The quantitative estimate of drug-likeness (QED) is 0.673. The molecule has 2 atom stereocenters. The molecule has 0 unspecified atom stereocenters. The van der Waals surface area contributed by atoms with E-state index in [9.17, 15) is 4.79 Å². The number of nitrogens with one attached hydrogen (secondary N) is 1. The third-order valence-corrected chi connectivity index (χ3v) is 8.16. The first kappa shape index (κ1) is 17.8. The SMILES string of the molecule is CC1(C)[C@@H]2Cc3cc4n[nH]nc4cc3[C@]1(C)CCN2C(=O)c1ccc2c(c1)CC=N2. The van der Waals surface area contributed by atoms with Gasteiger partial charge in [-0.2, -0.15) is 15.4 Å². The molecule has 0 spiro atoms. The molecular weight excluding hydrogens is 374 g/mol. The zero-order valence-corrected chi connectivity index (χ0v) is 17.6. The number of carbonyl (C=O) groups excluding carboxylic acids is 1. The van der Waals surface area contributed by atoms with Crippen LogP contribution in [0.4, 0.5) is 5.69 Å². The number of nitrogens with zero attached hydrogens (tertiary/aromatic N) is 4. The molecule has 3 aromatic rings. The first-order chi connectivity index (χ1) is 14.4. The van der Waals surface area contributed by atoms with Crippen molar-refractivity contribution in [2.24, 2.45) is 10.4 Å². The highest BCUT2D eigenvalue weighted by molar-refractivity contribution is 5.96. The molecule has 6 rings (SSSR count). The Morgan fingerprint density at radius 2 is 1.90 bits per heavy atom. The van der Waals surface area contributed by atoms with Crippen LogP contribution in [-0.2, 0) is 18.3 Å². The van der Waals surface area contributed by atoms with Crippen LogP contribution in [0.25, 0.3) is 11.0 Å². The van der Waals surface area contributed by atoms with Crippen molar-refractivity contribution >= 4 is 28.8 Å².